The quantitative estimate of drug-likeness (QED) is 0.699. The fourth-order valence-electron chi connectivity index (χ4n) is 1.92. The number of carbonyl (C=O) groups is 1. The van der Waals surface area contributed by atoms with Crippen LogP contribution in [0.3, 0.4) is 0 Å². The van der Waals surface area contributed by atoms with Crippen molar-refractivity contribution in [3.8, 4) is 5.75 Å². The Morgan fingerprint density at radius 2 is 1.89 bits per heavy atom. The van der Waals surface area contributed by atoms with Crippen molar-refractivity contribution in [3.05, 3.63) is 29.8 Å². The number of hydrogen-bond donors (Lipinski definition) is 3. The molecule has 1 aromatic rings. The molecule has 0 aliphatic heterocycles. The number of benzene rings is 1. The molecule has 0 saturated carbocycles. The molecule has 0 fully saturated rings. The predicted molar refractivity (Wildman–Crippen MR) is 73.7 cm³/mol. The summed E-state index contributed by atoms with van der Waals surface area (Å²) in [5.74, 6) is 0.0184. The number of hydrogen-bond acceptors (Lipinski definition) is 4. The first-order valence-electron chi connectivity index (χ1n) is 6.40. The molecule has 0 aliphatic rings. The van der Waals surface area contributed by atoms with Crippen molar-refractivity contribution < 1.29 is 15.0 Å². The molecule has 0 unspecified atom stereocenters. The van der Waals surface area contributed by atoms with Crippen LogP contribution < -0.4 is 5.73 Å². The second-order valence-corrected chi connectivity index (χ2v) is 4.83. The first-order valence-corrected chi connectivity index (χ1v) is 6.40. The first kappa shape index (κ1) is 15.5. The molecule has 106 valence electrons. The van der Waals surface area contributed by atoms with Crippen molar-refractivity contribution >= 4 is 5.91 Å². The fourth-order valence-corrected chi connectivity index (χ4v) is 1.92. The number of nitrogens with zero attached hydrogens (tertiary/aromatic N) is 1. The number of rotatable bonds is 6. The zero-order valence-corrected chi connectivity index (χ0v) is 11.4. The molecule has 5 heteroatoms. The number of phenols is 1. The summed E-state index contributed by atoms with van der Waals surface area (Å²) in [5, 5.41) is 18.2. The number of amides is 1. The third-order valence-electron chi connectivity index (χ3n) is 2.96. The number of phenolic OH excluding ortho intramolecular Hbond substituents is 1. The molecule has 1 rings (SSSR count). The van der Waals surface area contributed by atoms with E-state index in [-0.39, 0.29) is 24.3 Å². The number of aliphatic hydroxyl groups excluding tert-OH is 1. The number of nitrogens with two attached hydrogens (primary N) is 1. The van der Waals surface area contributed by atoms with Gasteiger partial charge in [-0.15, -0.1) is 0 Å². The van der Waals surface area contributed by atoms with E-state index in [0.29, 0.717) is 13.0 Å². The van der Waals surface area contributed by atoms with Gasteiger partial charge in [0.2, 0.25) is 5.91 Å². The van der Waals surface area contributed by atoms with E-state index < -0.39 is 6.04 Å². The molecule has 5 nitrogen and oxygen atoms in total. The topological polar surface area (TPSA) is 86.8 Å². The van der Waals surface area contributed by atoms with Gasteiger partial charge in [-0.2, -0.15) is 0 Å². The maximum Gasteiger partial charge on any atom is 0.240 e. The summed E-state index contributed by atoms with van der Waals surface area (Å²) in [5.41, 5.74) is 6.82. The van der Waals surface area contributed by atoms with Crippen LogP contribution in [-0.4, -0.2) is 46.3 Å². The monoisotopic (exact) mass is 266 g/mol. The summed E-state index contributed by atoms with van der Waals surface area (Å²) >= 11 is 0. The maximum atomic E-state index is 12.2. The highest BCUT2D eigenvalue weighted by atomic mass is 16.3. The molecule has 4 N–H and O–H groups in total. The molecule has 0 saturated heterocycles. The van der Waals surface area contributed by atoms with Crippen molar-refractivity contribution in [2.75, 3.05) is 13.2 Å². The van der Waals surface area contributed by atoms with Crippen molar-refractivity contribution in [2.24, 2.45) is 5.73 Å². The van der Waals surface area contributed by atoms with Gasteiger partial charge in [-0.05, 0) is 38.0 Å². The highest BCUT2D eigenvalue weighted by Gasteiger charge is 2.22. The van der Waals surface area contributed by atoms with Gasteiger partial charge in [-0.3, -0.25) is 4.79 Å². The fraction of sp³-hybridized carbons (Fsp3) is 0.500. The lowest BCUT2D eigenvalue weighted by Gasteiger charge is -2.28. The van der Waals surface area contributed by atoms with Crippen LogP contribution in [0, 0.1) is 0 Å². The average Bonchev–Trinajstić information content (AvgIpc) is 2.37. The summed E-state index contributed by atoms with van der Waals surface area (Å²) in [6.45, 7) is 4.00. The molecule has 1 aromatic carbocycles. The average molecular weight is 266 g/mol. The van der Waals surface area contributed by atoms with Crippen LogP contribution in [0.4, 0.5) is 0 Å². The van der Waals surface area contributed by atoms with Gasteiger partial charge in [-0.25, -0.2) is 0 Å². The van der Waals surface area contributed by atoms with Gasteiger partial charge >= 0.3 is 0 Å². The minimum atomic E-state index is -0.640. The highest BCUT2D eigenvalue weighted by molar-refractivity contribution is 5.82. The van der Waals surface area contributed by atoms with Crippen LogP contribution in [0.2, 0.25) is 0 Å². The van der Waals surface area contributed by atoms with Gasteiger partial charge in [0.05, 0.1) is 12.6 Å². The van der Waals surface area contributed by atoms with Gasteiger partial charge < -0.3 is 20.8 Å². The van der Waals surface area contributed by atoms with Gasteiger partial charge in [0, 0.05) is 12.6 Å². The molecule has 0 aromatic heterocycles. The van der Waals surface area contributed by atoms with Crippen LogP contribution in [-0.2, 0) is 11.2 Å². The summed E-state index contributed by atoms with van der Waals surface area (Å²) in [6, 6.07) is 5.99. The molecule has 19 heavy (non-hydrogen) atoms. The normalized spacial score (nSPS) is 12.5. The Labute approximate surface area is 113 Å². The van der Waals surface area contributed by atoms with Gasteiger partial charge in [-0.1, -0.05) is 12.1 Å². The van der Waals surface area contributed by atoms with E-state index in [4.69, 9.17) is 10.8 Å². The van der Waals surface area contributed by atoms with E-state index in [9.17, 15) is 9.90 Å². The second kappa shape index (κ2) is 7.11. The van der Waals surface area contributed by atoms with Crippen molar-refractivity contribution in [3.63, 3.8) is 0 Å². The van der Waals surface area contributed by atoms with E-state index >= 15 is 0 Å². The third kappa shape index (κ3) is 4.54. The highest BCUT2D eigenvalue weighted by Crippen LogP contribution is 2.12. The van der Waals surface area contributed by atoms with Crippen LogP contribution in [0.1, 0.15) is 19.4 Å². The summed E-state index contributed by atoms with van der Waals surface area (Å²) < 4.78 is 0. The van der Waals surface area contributed by atoms with Gasteiger partial charge in [0.15, 0.2) is 0 Å². The molecule has 0 spiro atoms. The van der Waals surface area contributed by atoms with Crippen LogP contribution in [0.5, 0.6) is 5.75 Å². The Morgan fingerprint density at radius 1 is 1.32 bits per heavy atom. The minimum absolute atomic E-state index is 0.00511. The van der Waals surface area contributed by atoms with Crippen molar-refractivity contribution in [2.45, 2.75) is 32.4 Å². The van der Waals surface area contributed by atoms with Gasteiger partial charge in [0.25, 0.3) is 0 Å². The standard InChI is InChI=1S/C14H22N2O3/c1-10(2)16(7-8-17)14(19)13(15)9-11-3-5-12(18)6-4-11/h3-6,10,13,17-18H,7-9,15H2,1-2H3/t13-/m1/s1. The van der Waals surface area contributed by atoms with E-state index in [0.717, 1.165) is 5.56 Å². The zero-order valence-electron chi connectivity index (χ0n) is 11.4. The van der Waals surface area contributed by atoms with Crippen molar-refractivity contribution in [1.82, 2.24) is 4.90 Å². The van der Waals surface area contributed by atoms with Crippen LogP contribution in [0.25, 0.3) is 0 Å². The molecular formula is C14H22N2O3. The summed E-state index contributed by atoms with van der Waals surface area (Å²) in [7, 11) is 0. The second-order valence-electron chi connectivity index (χ2n) is 4.83. The summed E-state index contributed by atoms with van der Waals surface area (Å²) in [6.07, 6.45) is 0.410. The van der Waals surface area contributed by atoms with E-state index in [1.165, 1.54) is 0 Å². The molecule has 0 bridgehead atoms. The molecule has 0 heterocycles. The number of aliphatic hydroxyl groups is 1. The van der Waals surface area contributed by atoms with Gasteiger partial charge in [0.1, 0.15) is 5.75 Å². The maximum absolute atomic E-state index is 12.2. The molecule has 0 aliphatic carbocycles. The van der Waals surface area contributed by atoms with Crippen molar-refractivity contribution in [1.29, 1.82) is 0 Å². The largest absolute Gasteiger partial charge is 0.508 e. The van der Waals surface area contributed by atoms with E-state index in [1.54, 1.807) is 29.2 Å². The third-order valence-corrected chi connectivity index (χ3v) is 2.96. The zero-order chi connectivity index (χ0) is 14.4. The van der Waals surface area contributed by atoms with Crippen LogP contribution in [0.15, 0.2) is 24.3 Å². The smallest absolute Gasteiger partial charge is 0.240 e. The SMILES string of the molecule is CC(C)N(CCO)C(=O)[C@H](N)Cc1ccc(O)cc1. The summed E-state index contributed by atoms with van der Waals surface area (Å²) in [4.78, 5) is 13.8. The van der Waals surface area contributed by atoms with Crippen LogP contribution >= 0.6 is 0 Å². The lowest BCUT2D eigenvalue weighted by atomic mass is 10.0. The Hall–Kier alpha value is -1.59. The lowest BCUT2D eigenvalue weighted by Crippen LogP contribution is -2.48. The number of aromatic hydroxyl groups is 1. The first-order chi connectivity index (χ1) is 8.95. The minimum Gasteiger partial charge on any atom is -0.508 e. The molecule has 1 amide bonds. The van der Waals surface area contributed by atoms with E-state index in [1.807, 2.05) is 13.8 Å². The molecule has 1 atom stereocenters. The Kier molecular flexibility index (Phi) is 5.79. The Bertz CT molecular complexity index is 404. The molecular weight excluding hydrogens is 244 g/mol. The lowest BCUT2D eigenvalue weighted by molar-refractivity contribution is -0.134. The molecule has 0 radical (unpaired) electrons. The Morgan fingerprint density at radius 3 is 2.37 bits per heavy atom. The number of carbonyl (C=O) groups excluding carboxylic acids is 1. The predicted octanol–water partition coefficient (Wildman–Crippen LogP) is 0.491. The Balaban J connectivity index is 2.67. The van der Waals surface area contributed by atoms with E-state index in [2.05, 4.69) is 0 Å².